The molecular formula is C14H22BrNO2. The number of aliphatic hydroxyl groups is 1. The lowest BCUT2D eigenvalue weighted by atomic mass is 10.1. The summed E-state index contributed by atoms with van der Waals surface area (Å²) in [4.78, 5) is 2.18. The van der Waals surface area contributed by atoms with Crippen molar-refractivity contribution in [3.63, 3.8) is 0 Å². The summed E-state index contributed by atoms with van der Waals surface area (Å²) in [5.41, 5.74) is 0.969. The highest BCUT2D eigenvalue weighted by molar-refractivity contribution is 9.10. The van der Waals surface area contributed by atoms with Crippen LogP contribution in [0.1, 0.15) is 25.0 Å². The molecule has 18 heavy (non-hydrogen) atoms. The van der Waals surface area contributed by atoms with E-state index < -0.39 is 6.10 Å². The van der Waals surface area contributed by atoms with Crippen LogP contribution in [-0.2, 0) is 4.74 Å². The third-order valence-electron chi connectivity index (χ3n) is 2.86. The zero-order valence-electron chi connectivity index (χ0n) is 11.1. The molecule has 0 amide bonds. The van der Waals surface area contributed by atoms with Crippen LogP contribution in [0.2, 0.25) is 0 Å². The van der Waals surface area contributed by atoms with Crippen LogP contribution in [0.5, 0.6) is 0 Å². The number of nitrogens with zero attached hydrogens (tertiary/aromatic N) is 1. The minimum absolute atomic E-state index is 0.396. The number of rotatable bonds is 8. The Bertz CT molecular complexity index is 329. The Kier molecular flexibility index (Phi) is 7.51. The first-order valence-electron chi connectivity index (χ1n) is 6.33. The molecule has 0 radical (unpaired) electrons. The highest BCUT2D eigenvalue weighted by Crippen LogP contribution is 2.19. The summed E-state index contributed by atoms with van der Waals surface area (Å²) in [7, 11) is 2.05. The number of benzene rings is 1. The lowest BCUT2D eigenvalue weighted by Crippen LogP contribution is -2.25. The van der Waals surface area contributed by atoms with E-state index in [1.54, 1.807) is 0 Å². The standard InChI is InChI=1S/C14H22BrNO2/c1-3-18-11-10-16(2)9-8-14(17)12-4-6-13(15)7-5-12/h4-7,14,17H,3,8-11H2,1-2H3. The highest BCUT2D eigenvalue weighted by atomic mass is 79.9. The van der Waals surface area contributed by atoms with Gasteiger partial charge in [0.2, 0.25) is 0 Å². The quantitative estimate of drug-likeness (QED) is 0.749. The van der Waals surface area contributed by atoms with Crippen LogP contribution in [0.4, 0.5) is 0 Å². The van der Waals surface area contributed by atoms with E-state index in [-0.39, 0.29) is 0 Å². The van der Waals surface area contributed by atoms with Gasteiger partial charge < -0.3 is 14.7 Å². The van der Waals surface area contributed by atoms with Crippen LogP contribution < -0.4 is 0 Å². The molecule has 0 bridgehead atoms. The molecule has 0 fully saturated rings. The van der Waals surface area contributed by atoms with Gasteiger partial charge in [0.05, 0.1) is 12.7 Å². The molecule has 3 nitrogen and oxygen atoms in total. The predicted molar refractivity (Wildman–Crippen MR) is 77.7 cm³/mol. The number of halogens is 1. The fourth-order valence-electron chi connectivity index (χ4n) is 1.67. The molecule has 0 aliphatic heterocycles. The summed E-state index contributed by atoms with van der Waals surface area (Å²) >= 11 is 3.39. The van der Waals surface area contributed by atoms with Gasteiger partial charge in [-0.3, -0.25) is 0 Å². The van der Waals surface area contributed by atoms with Crippen molar-refractivity contribution >= 4 is 15.9 Å². The monoisotopic (exact) mass is 315 g/mol. The fraction of sp³-hybridized carbons (Fsp3) is 0.571. The molecule has 0 aromatic heterocycles. The summed E-state index contributed by atoms with van der Waals surface area (Å²) in [6.45, 7) is 5.28. The normalized spacial score (nSPS) is 12.9. The predicted octanol–water partition coefficient (Wildman–Crippen LogP) is 2.84. The topological polar surface area (TPSA) is 32.7 Å². The molecule has 1 aromatic rings. The van der Waals surface area contributed by atoms with Gasteiger partial charge in [-0.05, 0) is 38.1 Å². The number of aliphatic hydroxyl groups excluding tert-OH is 1. The van der Waals surface area contributed by atoms with Crippen LogP contribution in [0.25, 0.3) is 0 Å². The first kappa shape index (κ1) is 15.6. The van der Waals surface area contributed by atoms with Gasteiger partial charge in [0.25, 0.3) is 0 Å². The summed E-state index contributed by atoms with van der Waals surface area (Å²) in [5, 5.41) is 10.1. The maximum Gasteiger partial charge on any atom is 0.0802 e. The Morgan fingerprint density at radius 2 is 1.94 bits per heavy atom. The van der Waals surface area contributed by atoms with Crippen molar-refractivity contribution in [2.45, 2.75) is 19.4 Å². The Morgan fingerprint density at radius 3 is 2.56 bits per heavy atom. The van der Waals surface area contributed by atoms with Gasteiger partial charge in [-0.1, -0.05) is 28.1 Å². The molecule has 0 spiro atoms. The Hall–Kier alpha value is -0.420. The highest BCUT2D eigenvalue weighted by Gasteiger charge is 2.08. The van der Waals surface area contributed by atoms with E-state index in [1.807, 2.05) is 38.2 Å². The molecule has 1 rings (SSSR count). The molecule has 0 aliphatic rings. The molecule has 1 aromatic carbocycles. The van der Waals surface area contributed by atoms with Crippen molar-refractivity contribution in [1.82, 2.24) is 4.90 Å². The van der Waals surface area contributed by atoms with E-state index in [1.165, 1.54) is 0 Å². The van der Waals surface area contributed by atoms with Crippen molar-refractivity contribution < 1.29 is 9.84 Å². The van der Waals surface area contributed by atoms with Crippen molar-refractivity contribution in [3.05, 3.63) is 34.3 Å². The van der Waals surface area contributed by atoms with Gasteiger partial charge in [-0.2, -0.15) is 0 Å². The second-order valence-electron chi connectivity index (χ2n) is 4.36. The fourth-order valence-corrected chi connectivity index (χ4v) is 1.94. The summed E-state index contributed by atoms with van der Waals surface area (Å²) < 4.78 is 6.33. The molecule has 0 aliphatic carbocycles. The van der Waals surface area contributed by atoms with Crippen LogP contribution in [0, 0.1) is 0 Å². The molecule has 0 heterocycles. The minimum Gasteiger partial charge on any atom is -0.388 e. The molecule has 1 N–H and O–H groups in total. The molecule has 0 saturated carbocycles. The Labute approximate surface area is 118 Å². The van der Waals surface area contributed by atoms with E-state index in [0.717, 1.165) is 42.8 Å². The zero-order valence-corrected chi connectivity index (χ0v) is 12.7. The van der Waals surface area contributed by atoms with Gasteiger partial charge >= 0.3 is 0 Å². The average Bonchev–Trinajstić information content (AvgIpc) is 2.37. The maximum absolute atomic E-state index is 10.1. The van der Waals surface area contributed by atoms with Crippen molar-refractivity contribution in [2.75, 3.05) is 33.4 Å². The molecule has 4 heteroatoms. The number of ether oxygens (including phenoxy) is 1. The zero-order chi connectivity index (χ0) is 13.4. The summed E-state index contributed by atoms with van der Waals surface area (Å²) in [6.07, 6.45) is 0.345. The Morgan fingerprint density at radius 1 is 1.28 bits per heavy atom. The minimum atomic E-state index is -0.396. The van der Waals surface area contributed by atoms with Gasteiger partial charge in [0.1, 0.15) is 0 Å². The molecular weight excluding hydrogens is 294 g/mol. The lowest BCUT2D eigenvalue weighted by molar-refractivity contribution is 0.109. The molecule has 0 saturated heterocycles. The smallest absolute Gasteiger partial charge is 0.0802 e. The van der Waals surface area contributed by atoms with Crippen molar-refractivity contribution in [2.24, 2.45) is 0 Å². The summed E-state index contributed by atoms with van der Waals surface area (Å²) in [5.74, 6) is 0. The second kappa shape index (κ2) is 8.64. The van der Waals surface area contributed by atoms with Crippen LogP contribution in [0.15, 0.2) is 28.7 Å². The van der Waals surface area contributed by atoms with Gasteiger partial charge in [0.15, 0.2) is 0 Å². The van der Waals surface area contributed by atoms with Gasteiger partial charge in [-0.25, -0.2) is 0 Å². The first-order valence-corrected chi connectivity index (χ1v) is 7.12. The van der Waals surface area contributed by atoms with E-state index in [4.69, 9.17) is 4.74 Å². The largest absolute Gasteiger partial charge is 0.388 e. The number of hydrogen-bond acceptors (Lipinski definition) is 3. The molecule has 102 valence electrons. The van der Waals surface area contributed by atoms with Crippen LogP contribution >= 0.6 is 15.9 Å². The average molecular weight is 316 g/mol. The Balaban J connectivity index is 2.27. The lowest BCUT2D eigenvalue weighted by Gasteiger charge is -2.18. The number of hydrogen-bond donors (Lipinski definition) is 1. The van der Waals surface area contributed by atoms with Crippen LogP contribution in [0.3, 0.4) is 0 Å². The van der Waals surface area contributed by atoms with Crippen LogP contribution in [-0.4, -0.2) is 43.4 Å². The van der Waals surface area contributed by atoms with E-state index in [0.29, 0.717) is 0 Å². The van der Waals surface area contributed by atoms with Gasteiger partial charge in [-0.15, -0.1) is 0 Å². The summed E-state index contributed by atoms with van der Waals surface area (Å²) in [6, 6.07) is 7.82. The van der Waals surface area contributed by atoms with E-state index in [2.05, 4.69) is 20.8 Å². The third kappa shape index (κ3) is 5.96. The van der Waals surface area contributed by atoms with E-state index >= 15 is 0 Å². The van der Waals surface area contributed by atoms with Gasteiger partial charge in [0, 0.05) is 24.2 Å². The number of likely N-dealkylation sites (N-methyl/N-ethyl adjacent to an activating group) is 1. The van der Waals surface area contributed by atoms with Crippen molar-refractivity contribution in [1.29, 1.82) is 0 Å². The second-order valence-corrected chi connectivity index (χ2v) is 5.27. The van der Waals surface area contributed by atoms with E-state index in [9.17, 15) is 5.11 Å². The van der Waals surface area contributed by atoms with Crippen molar-refractivity contribution in [3.8, 4) is 0 Å². The maximum atomic E-state index is 10.1. The molecule has 1 atom stereocenters. The SMILES string of the molecule is CCOCCN(C)CCC(O)c1ccc(Br)cc1. The third-order valence-corrected chi connectivity index (χ3v) is 3.39. The first-order chi connectivity index (χ1) is 8.63. The molecule has 1 unspecified atom stereocenters.